The summed E-state index contributed by atoms with van der Waals surface area (Å²) in [5.41, 5.74) is 4.60. The third kappa shape index (κ3) is 14.7. The minimum atomic E-state index is -0.126. The second-order valence-electron chi connectivity index (χ2n) is 16.5. The van der Waals surface area contributed by atoms with Crippen molar-refractivity contribution < 1.29 is 19.7 Å². The Morgan fingerprint density at radius 2 is 0.519 bits per heavy atom. The van der Waals surface area contributed by atoms with Gasteiger partial charge in [-0.1, -0.05) is 179 Å². The van der Waals surface area contributed by atoms with E-state index in [1.54, 1.807) is 24.3 Å². The number of unbranched alkanes of at least 4 members (excludes halogenated alkanes) is 17. The van der Waals surface area contributed by atoms with Crippen LogP contribution in [0.5, 0.6) is 23.0 Å². The lowest BCUT2D eigenvalue weighted by Gasteiger charge is -2.26. The second-order valence-corrected chi connectivity index (χ2v) is 16.5. The second kappa shape index (κ2) is 23.1. The fourth-order valence-corrected chi connectivity index (χ4v) is 7.44. The summed E-state index contributed by atoms with van der Waals surface area (Å²) in [6, 6.07) is 32.0. The normalized spacial score (nSPS) is 11.9. The van der Waals surface area contributed by atoms with Gasteiger partial charge in [-0.25, -0.2) is 0 Å². The molecule has 0 saturated heterocycles. The van der Waals surface area contributed by atoms with Crippen LogP contribution in [0.15, 0.2) is 97.1 Å². The largest absolute Gasteiger partial charge is 0.508 e. The van der Waals surface area contributed by atoms with Gasteiger partial charge in [0.2, 0.25) is 0 Å². The number of hydrogen-bond donors (Lipinski definition) is 2. The summed E-state index contributed by atoms with van der Waals surface area (Å²) >= 11 is 0. The van der Waals surface area contributed by atoms with Crippen molar-refractivity contribution in [3.63, 3.8) is 0 Å². The lowest BCUT2D eigenvalue weighted by Crippen LogP contribution is -2.18. The van der Waals surface area contributed by atoms with Crippen molar-refractivity contribution in [2.75, 3.05) is 13.2 Å². The van der Waals surface area contributed by atoms with Crippen molar-refractivity contribution in [1.82, 2.24) is 0 Å². The van der Waals surface area contributed by atoms with Gasteiger partial charge in [0, 0.05) is 10.8 Å². The van der Waals surface area contributed by atoms with Crippen molar-refractivity contribution in [2.24, 2.45) is 0 Å². The maximum absolute atomic E-state index is 9.61. The van der Waals surface area contributed by atoms with E-state index >= 15 is 0 Å². The van der Waals surface area contributed by atoms with Crippen LogP contribution in [-0.2, 0) is 10.8 Å². The molecule has 0 radical (unpaired) electrons. The summed E-state index contributed by atoms with van der Waals surface area (Å²) in [7, 11) is 0. The van der Waals surface area contributed by atoms with Gasteiger partial charge < -0.3 is 19.7 Å². The maximum atomic E-state index is 9.61. The number of hydrogen-bond acceptors (Lipinski definition) is 4. The summed E-state index contributed by atoms with van der Waals surface area (Å²) in [6.07, 6.45) is 24.0. The van der Waals surface area contributed by atoms with Crippen LogP contribution in [0.3, 0.4) is 0 Å². The third-order valence-electron chi connectivity index (χ3n) is 11.4. The highest BCUT2D eigenvalue weighted by atomic mass is 16.5. The maximum Gasteiger partial charge on any atom is 0.119 e. The molecular weight excluding hydrogens is 665 g/mol. The van der Waals surface area contributed by atoms with E-state index in [-0.39, 0.29) is 10.8 Å². The molecule has 0 aromatic heterocycles. The predicted molar refractivity (Wildman–Crippen MR) is 227 cm³/mol. The molecule has 0 unspecified atom stereocenters. The number of ether oxygens (including phenoxy) is 2. The van der Waals surface area contributed by atoms with Gasteiger partial charge in [0.25, 0.3) is 0 Å². The number of benzene rings is 4. The molecule has 4 aromatic carbocycles. The number of phenols is 2. The minimum Gasteiger partial charge on any atom is -0.508 e. The van der Waals surface area contributed by atoms with E-state index in [4.69, 9.17) is 9.47 Å². The molecular formula is C50H70O4. The molecule has 0 fully saturated rings. The Bertz CT molecular complexity index is 1430. The predicted octanol–water partition coefficient (Wildman–Crippen LogP) is 14.2. The molecule has 0 aliphatic carbocycles. The lowest BCUT2D eigenvalue weighted by atomic mass is 9.78. The molecule has 0 aliphatic heterocycles. The minimum absolute atomic E-state index is 0.126. The van der Waals surface area contributed by atoms with Crippen molar-refractivity contribution >= 4 is 0 Å². The highest BCUT2D eigenvalue weighted by Crippen LogP contribution is 2.34. The molecule has 4 aromatic rings. The molecule has 0 atom stereocenters. The van der Waals surface area contributed by atoms with E-state index in [0.29, 0.717) is 11.5 Å². The Hall–Kier alpha value is -3.92. The Balaban J connectivity index is 0.876. The van der Waals surface area contributed by atoms with Gasteiger partial charge in [0.05, 0.1) is 13.2 Å². The summed E-state index contributed by atoms with van der Waals surface area (Å²) in [6.45, 7) is 10.4. The first-order chi connectivity index (χ1) is 26.2. The molecule has 4 nitrogen and oxygen atoms in total. The summed E-state index contributed by atoms with van der Waals surface area (Å²) in [5.74, 6) is 2.50. The highest BCUT2D eigenvalue weighted by Gasteiger charge is 2.24. The molecule has 0 saturated carbocycles. The van der Waals surface area contributed by atoms with Crippen molar-refractivity contribution in [3.8, 4) is 23.0 Å². The molecule has 0 heterocycles. The van der Waals surface area contributed by atoms with Gasteiger partial charge in [-0.15, -0.1) is 0 Å². The first-order valence-electron chi connectivity index (χ1n) is 21.2. The Morgan fingerprint density at radius 3 is 0.759 bits per heavy atom. The standard InChI is InChI=1S/C50H70O4/c1-49(2,41-23-31-45(51)32-24-41)43-27-35-47(36-28-43)53-39-21-19-17-15-13-11-9-7-5-6-8-10-12-14-16-18-20-22-40-54-48-37-29-44(30-38-48)50(3,4)42-25-33-46(52)34-26-42/h23-38,51-52H,5-22,39-40H2,1-4H3. The number of rotatable bonds is 27. The third-order valence-corrected chi connectivity index (χ3v) is 11.4. The highest BCUT2D eigenvalue weighted by molar-refractivity contribution is 5.43. The summed E-state index contributed by atoms with van der Waals surface area (Å²) < 4.78 is 12.0. The Kier molecular flexibility index (Phi) is 18.3. The first-order valence-corrected chi connectivity index (χ1v) is 21.2. The van der Waals surface area contributed by atoms with E-state index in [0.717, 1.165) is 37.6 Å². The molecule has 0 spiro atoms. The average molecular weight is 735 g/mol. The Morgan fingerprint density at radius 1 is 0.315 bits per heavy atom. The van der Waals surface area contributed by atoms with Crippen LogP contribution >= 0.6 is 0 Å². The van der Waals surface area contributed by atoms with Crippen LogP contribution in [0.1, 0.15) is 166 Å². The van der Waals surface area contributed by atoms with Gasteiger partial charge in [-0.05, 0) is 83.6 Å². The average Bonchev–Trinajstić information content (AvgIpc) is 3.17. The zero-order chi connectivity index (χ0) is 38.5. The molecule has 0 bridgehead atoms. The molecule has 0 amide bonds. The smallest absolute Gasteiger partial charge is 0.119 e. The summed E-state index contributed by atoms with van der Waals surface area (Å²) in [4.78, 5) is 0. The van der Waals surface area contributed by atoms with Crippen molar-refractivity contribution in [1.29, 1.82) is 0 Å². The molecule has 294 valence electrons. The number of aromatic hydroxyl groups is 2. The van der Waals surface area contributed by atoms with E-state index in [1.807, 2.05) is 24.3 Å². The monoisotopic (exact) mass is 735 g/mol. The molecule has 0 aliphatic rings. The number of phenolic OH excluding ortho intramolecular Hbond substituents is 2. The zero-order valence-electron chi connectivity index (χ0n) is 34.1. The van der Waals surface area contributed by atoms with Crippen LogP contribution in [0.4, 0.5) is 0 Å². The van der Waals surface area contributed by atoms with Crippen LogP contribution < -0.4 is 9.47 Å². The van der Waals surface area contributed by atoms with Gasteiger partial charge in [-0.3, -0.25) is 0 Å². The van der Waals surface area contributed by atoms with Gasteiger partial charge in [0.1, 0.15) is 23.0 Å². The van der Waals surface area contributed by atoms with Crippen molar-refractivity contribution in [2.45, 2.75) is 154 Å². The fraction of sp³-hybridized carbons (Fsp3) is 0.520. The molecule has 54 heavy (non-hydrogen) atoms. The zero-order valence-corrected chi connectivity index (χ0v) is 34.1. The summed E-state index contributed by atoms with van der Waals surface area (Å²) in [5, 5.41) is 19.2. The van der Waals surface area contributed by atoms with Crippen LogP contribution in [-0.4, -0.2) is 23.4 Å². The van der Waals surface area contributed by atoms with Crippen molar-refractivity contribution in [3.05, 3.63) is 119 Å². The lowest BCUT2D eigenvalue weighted by molar-refractivity contribution is 0.304. The molecule has 4 rings (SSSR count). The SMILES string of the molecule is CC(C)(c1ccc(O)cc1)c1ccc(OCCCCCCCCCCCCCCCCCCCCOc2ccc(C(C)(C)c3ccc(O)cc3)cc2)cc1. The van der Waals surface area contributed by atoms with Gasteiger partial charge >= 0.3 is 0 Å². The van der Waals surface area contributed by atoms with Crippen LogP contribution in [0.2, 0.25) is 0 Å². The fourth-order valence-electron chi connectivity index (χ4n) is 7.44. The van der Waals surface area contributed by atoms with E-state index in [2.05, 4.69) is 76.2 Å². The van der Waals surface area contributed by atoms with E-state index < -0.39 is 0 Å². The van der Waals surface area contributed by atoms with Gasteiger partial charge in [0.15, 0.2) is 0 Å². The quantitative estimate of drug-likeness (QED) is 0.0599. The first kappa shape index (κ1) is 42.8. The van der Waals surface area contributed by atoms with Crippen LogP contribution in [0.25, 0.3) is 0 Å². The van der Waals surface area contributed by atoms with Gasteiger partial charge in [-0.2, -0.15) is 0 Å². The molecule has 2 N–H and O–H groups in total. The topological polar surface area (TPSA) is 58.9 Å². The van der Waals surface area contributed by atoms with Crippen LogP contribution in [0, 0.1) is 0 Å². The molecule has 4 heteroatoms. The van der Waals surface area contributed by atoms with E-state index in [1.165, 1.54) is 125 Å². The van der Waals surface area contributed by atoms with E-state index in [9.17, 15) is 10.2 Å². The Labute approximate surface area is 328 Å².